The van der Waals surface area contributed by atoms with Crippen LogP contribution in [0.1, 0.15) is 49.5 Å². The molecule has 1 aliphatic rings. The molecule has 0 bridgehead atoms. The smallest absolute Gasteiger partial charge is 0.226 e. The monoisotopic (exact) mass is 379 g/mol. The zero-order valence-corrected chi connectivity index (χ0v) is 15.9. The molecule has 0 spiro atoms. The Balaban J connectivity index is 0.00000243. The Morgan fingerprint density at radius 1 is 1.42 bits per heavy atom. The van der Waals surface area contributed by atoms with Crippen molar-refractivity contribution in [2.75, 3.05) is 19.6 Å². The molecule has 142 valence electrons. The van der Waals surface area contributed by atoms with E-state index in [9.17, 15) is 4.79 Å². The molecule has 0 aromatic carbocycles. The van der Waals surface area contributed by atoms with Gasteiger partial charge in [0.1, 0.15) is 0 Å². The van der Waals surface area contributed by atoms with Crippen molar-refractivity contribution in [3.8, 4) is 0 Å². The zero-order chi connectivity index (χ0) is 17.5. The predicted molar refractivity (Wildman–Crippen MR) is 100 cm³/mol. The Hall–Kier alpha value is -1.99. The van der Waals surface area contributed by atoms with Crippen LogP contribution in [0.4, 0.5) is 0 Å². The van der Waals surface area contributed by atoms with E-state index in [2.05, 4.69) is 27.4 Å². The maximum Gasteiger partial charge on any atom is 0.226 e. The normalized spacial score (nSPS) is 17.0. The van der Waals surface area contributed by atoms with E-state index in [1.807, 2.05) is 23.2 Å². The van der Waals surface area contributed by atoms with E-state index in [0.29, 0.717) is 18.7 Å². The quantitative estimate of drug-likeness (QED) is 0.794. The summed E-state index contributed by atoms with van der Waals surface area (Å²) in [5, 5.41) is 7.31. The molecule has 0 saturated carbocycles. The number of rotatable bonds is 7. The largest absolute Gasteiger partial charge is 0.339 e. The van der Waals surface area contributed by atoms with Gasteiger partial charge in [0, 0.05) is 51.3 Å². The van der Waals surface area contributed by atoms with Crippen LogP contribution >= 0.6 is 12.4 Å². The van der Waals surface area contributed by atoms with Crippen LogP contribution in [0.3, 0.4) is 0 Å². The number of hydrogen-bond acceptors (Lipinski definition) is 6. The predicted octanol–water partition coefficient (Wildman–Crippen LogP) is 2.33. The van der Waals surface area contributed by atoms with E-state index in [0.717, 1.165) is 50.3 Å². The fourth-order valence-corrected chi connectivity index (χ4v) is 3.12. The van der Waals surface area contributed by atoms with Gasteiger partial charge >= 0.3 is 0 Å². The number of amides is 1. The SMILES string of the molecule is CCCc1noc(CCCC(=O)N2CCNCC2c2cccnc2)n1.Cl. The number of nitrogens with zero attached hydrogens (tertiary/aromatic N) is 4. The first-order chi connectivity index (χ1) is 12.3. The zero-order valence-electron chi connectivity index (χ0n) is 15.1. The number of carbonyl (C=O) groups is 1. The highest BCUT2D eigenvalue weighted by atomic mass is 35.5. The van der Waals surface area contributed by atoms with Gasteiger partial charge in [-0.15, -0.1) is 12.4 Å². The van der Waals surface area contributed by atoms with Gasteiger partial charge in [-0.2, -0.15) is 4.98 Å². The molecule has 7 nitrogen and oxygen atoms in total. The Kier molecular flexibility index (Phi) is 8.00. The molecule has 1 saturated heterocycles. The summed E-state index contributed by atoms with van der Waals surface area (Å²) < 4.78 is 5.23. The van der Waals surface area contributed by atoms with Gasteiger partial charge in [-0.05, 0) is 24.5 Å². The molecule has 1 N–H and O–H groups in total. The van der Waals surface area contributed by atoms with E-state index >= 15 is 0 Å². The summed E-state index contributed by atoms with van der Waals surface area (Å²) in [5.41, 5.74) is 1.07. The van der Waals surface area contributed by atoms with E-state index < -0.39 is 0 Å². The van der Waals surface area contributed by atoms with Crippen LogP contribution in [0.15, 0.2) is 29.0 Å². The molecule has 3 heterocycles. The van der Waals surface area contributed by atoms with Crippen molar-refractivity contribution in [2.24, 2.45) is 0 Å². The molecule has 3 rings (SSSR count). The van der Waals surface area contributed by atoms with Gasteiger partial charge in [-0.25, -0.2) is 0 Å². The van der Waals surface area contributed by atoms with Crippen LogP contribution in [0, 0.1) is 0 Å². The van der Waals surface area contributed by atoms with Crippen molar-refractivity contribution in [1.29, 1.82) is 0 Å². The van der Waals surface area contributed by atoms with Crippen LogP contribution in [0.25, 0.3) is 0 Å². The summed E-state index contributed by atoms with van der Waals surface area (Å²) in [6.45, 7) is 4.40. The third-order valence-corrected chi connectivity index (χ3v) is 4.40. The number of hydrogen-bond donors (Lipinski definition) is 1. The summed E-state index contributed by atoms with van der Waals surface area (Å²) in [5.74, 6) is 1.55. The lowest BCUT2D eigenvalue weighted by Crippen LogP contribution is -2.48. The Bertz CT molecular complexity index is 679. The van der Waals surface area contributed by atoms with Crippen LogP contribution in [0.2, 0.25) is 0 Å². The molecule has 1 aliphatic heterocycles. The van der Waals surface area contributed by atoms with Gasteiger partial charge < -0.3 is 14.7 Å². The topological polar surface area (TPSA) is 84.2 Å². The minimum atomic E-state index is 0. The van der Waals surface area contributed by atoms with E-state index in [1.54, 1.807) is 6.20 Å². The molecule has 1 fully saturated rings. The van der Waals surface area contributed by atoms with Gasteiger partial charge in [0.2, 0.25) is 11.8 Å². The molecular weight excluding hydrogens is 354 g/mol. The summed E-state index contributed by atoms with van der Waals surface area (Å²) in [6, 6.07) is 3.99. The maximum atomic E-state index is 12.7. The number of aromatic nitrogens is 3. The Morgan fingerprint density at radius 2 is 2.31 bits per heavy atom. The summed E-state index contributed by atoms with van der Waals surface area (Å²) in [4.78, 5) is 23.2. The summed E-state index contributed by atoms with van der Waals surface area (Å²) in [6.07, 6.45) is 7.27. The Morgan fingerprint density at radius 3 is 3.08 bits per heavy atom. The van der Waals surface area contributed by atoms with Crippen molar-refractivity contribution in [3.63, 3.8) is 0 Å². The molecule has 26 heavy (non-hydrogen) atoms. The van der Waals surface area contributed by atoms with Crippen LogP contribution in [0.5, 0.6) is 0 Å². The number of carbonyl (C=O) groups excluding carboxylic acids is 1. The van der Waals surface area contributed by atoms with Crippen LogP contribution in [-0.2, 0) is 17.6 Å². The van der Waals surface area contributed by atoms with Gasteiger partial charge in [0.15, 0.2) is 5.82 Å². The molecular formula is C18H26ClN5O2. The molecule has 1 amide bonds. The lowest BCUT2D eigenvalue weighted by molar-refractivity contribution is -0.134. The first-order valence-electron chi connectivity index (χ1n) is 8.99. The average molecular weight is 380 g/mol. The average Bonchev–Trinajstić information content (AvgIpc) is 3.10. The lowest BCUT2D eigenvalue weighted by Gasteiger charge is -2.36. The van der Waals surface area contributed by atoms with E-state index in [-0.39, 0.29) is 24.4 Å². The Labute approximate surface area is 160 Å². The van der Waals surface area contributed by atoms with Gasteiger partial charge in [-0.3, -0.25) is 9.78 Å². The number of halogens is 1. The van der Waals surface area contributed by atoms with Gasteiger partial charge in [0.25, 0.3) is 0 Å². The number of aryl methyl sites for hydroxylation is 2. The number of pyridine rings is 1. The summed E-state index contributed by atoms with van der Waals surface area (Å²) >= 11 is 0. The fraction of sp³-hybridized carbons (Fsp3) is 0.556. The van der Waals surface area contributed by atoms with E-state index in [4.69, 9.17) is 4.52 Å². The van der Waals surface area contributed by atoms with E-state index in [1.165, 1.54) is 0 Å². The third-order valence-electron chi connectivity index (χ3n) is 4.40. The molecule has 1 unspecified atom stereocenters. The minimum Gasteiger partial charge on any atom is -0.339 e. The van der Waals surface area contributed by atoms with Gasteiger partial charge in [-0.1, -0.05) is 18.1 Å². The van der Waals surface area contributed by atoms with Gasteiger partial charge in [0.05, 0.1) is 6.04 Å². The molecule has 0 radical (unpaired) electrons. The molecule has 2 aromatic heterocycles. The van der Waals surface area contributed by atoms with Crippen LogP contribution in [-0.4, -0.2) is 45.6 Å². The summed E-state index contributed by atoms with van der Waals surface area (Å²) in [7, 11) is 0. The minimum absolute atomic E-state index is 0. The second kappa shape index (κ2) is 10.2. The van der Waals surface area contributed by atoms with Crippen molar-refractivity contribution in [1.82, 2.24) is 25.3 Å². The highest BCUT2D eigenvalue weighted by molar-refractivity contribution is 5.85. The third kappa shape index (κ3) is 5.25. The highest BCUT2D eigenvalue weighted by Crippen LogP contribution is 2.22. The number of piperazine rings is 1. The highest BCUT2D eigenvalue weighted by Gasteiger charge is 2.27. The maximum absolute atomic E-state index is 12.7. The standard InChI is InChI=1S/C18H25N5O2.ClH/c1-2-5-16-21-17(25-22-16)7-3-8-18(24)23-11-10-20-13-15(23)14-6-4-9-19-12-14;/h4,6,9,12,15,20H,2-3,5,7-8,10-11,13H2,1H3;1H. The fourth-order valence-electron chi connectivity index (χ4n) is 3.12. The van der Waals surface area contributed by atoms with Crippen molar-refractivity contribution in [3.05, 3.63) is 41.8 Å². The van der Waals surface area contributed by atoms with Crippen LogP contribution < -0.4 is 5.32 Å². The van der Waals surface area contributed by atoms with Crippen molar-refractivity contribution < 1.29 is 9.32 Å². The second-order valence-electron chi connectivity index (χ2n) is 6.30. The molecule has 8 heteroatoms. The lowest BCUT2D eigenvalue weighted by atomic mass is 10.0. The van der Waals surface area contributed by atoms with Crippen molar-refractivity contribution >= 4 is 18.3 Å². The molecule has 1 atom stereocenters. The van der Waals surface area contributed by atoms with Crippen molar-refractivity contribution in [2.45, 2.75) is 45.1 Å². The molecule has 2 aromatic rings. The first kappa shape index (κ1) is 20.3. The second-order valence-corrected chi connectivity index (χ2v) is 6.30. The number of nitrogens with one attached hydrogen (secondary N) is 1. The first-order valence-corrected chi connectivity index (χ1v) is 8.99. The molecule has 0 aliphatic carbocycles.